The van der Waals surface area contributed by atoms with Gasteiger partial charge in [-0.05, 0) is 43.4 Å². The molecule has 3 saturated heterocycles. The normalized spacial score (nSPS) is 32.0. The molecule has 0 spiro atoms. The summed E-state index contributed by atoms with van der Waals surface area (Å²) in [6.45, 7) is 6.10. The molecule has 3 aliphatic rings. The Morgan fingerprint density at radius 1 is 1.36 bits per heavy atom. The summed E-state index contributed by atoms with van der Waals surface area (Å²) in [5, 5.41) is 12.0. The van der Waals surface area contributed by atoms with E-state index in [9.17, 15) is 5.11 Å². The van der Waals surface area contributed by atoms with Crippen LogP contribution in [0.4, 0.5) is 0 Å². The van der Waals surface area contributed by atoms with Crippen LogP contribution in [0.1, 0.15) is 24.5 Å². The van der Waals surface area contributed by atoms with Crippen LogP contribution >= 0.6 is 0 Å². The Morgan fingerprint density at radius 2 is 2.23 bits per heavy atom. The highest BCUT2D eigenvalue weighted by molar-refractivity contribution is 5.78. The number of para-hydroxylation sites is 1. The second-order valence-electron chi connectivity index (χ2n) is 6.65. The molecule has 22 heavy (non-hydrogen) atoms. The number of hydrogen-bond donors (Lipinski definition) is 1. The average molecular weight is 294 g/mol. The van der Waals surface area contributed by atoms with Gasteiger partial charge in [-0.25, -0.2) is 0 Å². The zero-order valence-electron chi connectivity index (χ0n) is 12.7. The molecule has 0 saturated carbocycles. The smallest absolute Gasteiger partial charge is 0.0960 e. The Bertz CT molecular complexity index is 699. The third-order valence-electron chi connectivity index (χ3n) is 5.47. The van der Waals surface area contributed by atoms with Gasteiger partial charge in [-0.2, -0.15) is 0 Å². The van der Waals surface area contributed by atoms with E-state index < -0.39 is 6.10 Å². The van der Waals surface area contributed by atoms with Crippen molar-refractivity contribution in [2.24, 2.45) is 11.8 Å². The van der Waals surface area contributed by atoms with Gasteiger partial charge in [0.2, 0.25) is 0 Å². The van der Waals surface area contributed by atoms with Gasteiger partial charge in [0.1, 0.15) is 0 Å². The van der Waals surface area contributed by atoms with Crippen LogP contribution in [-0.4, -0.2) is 34.1 Å². The Morgan fingerprint density at radius 3 is 3.00 bits per heavy atom. The fraction of sp³-hybridized carbons (Fsp3) is 0.421. The highest BCUT2D eigenvalue weighted by Crippen LogP contribution is 2.41. The predicted octanol–water partition coefficient (Wildman–Crippen LogP) is 3.16. The third kappa shape index (κ3) is 2.25. The molecule has 3 heteroatoms. The Hall–Kier alpha value is -1.71. The molecule has 0 radical (unpaired) electrons. The fourth-order valence-corrected chi connectivity index (χ4v) is 4.18. The average Bonchev–Trinajstić information content (AvgIpc) is 2.60. The maximum Gasteiger partial charge on any atom is 0.0960 e. The van der Waals surface area contributed by atoms with Crippen LogP contribution in [0.2, 0.25) is 0 Å². The van der Waals surface area contributed by atoms with E-state index in [4.69, 9.17) is 0 Å². The first-order valence-electron chi connectivity index (χ1n) is 8.15. The van der Waals surface area contributed by atoms with Gasteiger partial charge in [-0.3, -0.25) is 9.88 Å². The fourth-order valence-electron chi connectivity index (χ4n) is 4.18. The highest BCUT2D eigenvalue weighted by atomic mass is 16.3. The molecule has 2 bridgehead atoms. The quantitative estimate of drug-likeness (QED) is 0.883. The summed E-state index contributed by atoms with van der Waals surface area (Å²) in [4.78, 5) is 6.93. The second kappa shape index (κ2) is 5.49. The topological polar surface area (TPSA) is 36.4 Å². The lowest BCUT2D eigenvalue weighted by Crippen LogP contribution is -2.54. The summed E-state index contributed by atoms with van der Waals surface area (Å²) >= 11 is 0. The summed E-state index contributed by atoms with van der Waals surface area (Å²) in [6, 6.07) is 10.4. The number of piperidine rings is 3. The minimum atomic E-state index is -0.453. The Kier molecular flexibility index (Phi) is 3.47. The molecule has 1 unspecified atom stereocenters. The lowest BCUT2D eigenvalue weighted by atomic mass is 9.74. The molecule has 5 rings (SSSR count). The van der Waals surface area contributed by atoms with Gasteiger partial charge >= 0.3 is 0 Å². The van der Waals surface area contributed by atoms with Crippen LogP contribution in [-0.2, 0) is 0 Å². The Labute approximate surface area is 131 Å². The Balaban J connectivity index is 1.61. The van der Waals surface area contributed by atoms with E-state index in [0.29, 0.717) is 11.8 Å². The number of nitrogens with zero attached hydrogens (tertiary/aromatic N) is 2. The molecular weight excluding hydrogens is 272 g/mol. The highest BCUT2D eigenvalue weighted by Gasteiger charge is 2.42. The summed E-state index contributed by atoms with van der Waals surface area (Å²) in [6.07, 6.45) is 5.77. The summed E-state index contributed by atoms with van der Waals surface area (Å²) in [5.41, 5.74) is 1.92. The largest absolute Gasteiger partial charge is 0.387 e. The molecule has 1 aromatic heterocycles. The standard InChI is InChI=1S/C19H22N2O/c1-2-13-12-21-8-7-14(13)10-18(21)19(22)16-9-15-5-3-4-6-17(15)20-11-16/h2-6,9,11,13-14,18-19,22H,1,7-8,10,12H2/t13-,14+,18-,19+/m0/s1. The number of fused-ring (bicyclic) bond motifs is 4. The maximum atomic E-state index is 10.9. The number of rotatable bonds is 3. The molecule has 4 heterocycles. The predicted molar refractivity (Wildman–Crippen MR) is 88.5 cm³/mol. The third-order valence-corrected chi connectivity index (χ3v) is 5.47. The van der Waals surface area contributed by atoms with Gasteiger partial charge in [0.25, 0.3) is 0 Å². The van der Waals surface area contributed by atoms with Gasteiger partial charge in [-0.1, -0.05) is 24.3 Å². The summed E-state index contributed by atoms with van der Waals surface area (Å²) in [7, 11) is 0. The number of aliphatic hydroxyl groups excluding tert-OH is 1. The van der Waals surface area contributed by atoms with Crippen molar-refractivity contribution in [1.29, 1.82) is 0 Å². The van der Waals surface area contributed by atoms with Crippen molar-refractivity contribution in [2.75, 3.05) is 13.1 Å². The van der Waals surface area contributed by atoms with Crippen LogP contribution < -0.4 is 0 Å². The van der Waals surface area contributed by atoms with Crippen molar-refractivity contribution in [1.82, 2.24) is 9.88 Å². The van der Waals surface area contributed by atoms with Crippen LogP contribution in [0, 0.1) is 11.8 Å². The maximum absolute atomic E-state index is 10.9. The number of pyridine rings is 1. The molecule has 5 atom stereocenters. The molecule has 1 aromatic carbocycles. The first-order valence-corrected chi connectivity index (χ1v) is 8.15. The van der Waals surface area contributed by atoms with Crippen molar-refractivity contribution in [3.63, 3.8) is 0 Å². The van der Waals surface area contributed by atoms with Crippen molar-refractivity contribution in [2.45, 2.75) is 25.0 Å². The molecular formula is C19H22N2O. The second-order valence-corrected chi connectivity index (χ2v) is 6.65. The van der Waals surface area contributed by atoms with Crippen molar-refractivity contribution in [3.05, 3.63) is 54.7 Å². The van der Waals surface area contributed by atoms with Gasteiger partial charge in [-0.15, -0.1) is 6.58 Å². The van der Waals surface area contributed by atoms with Crippen molar-refractivity contribution in [3.8, 4) is 0 Å². The van der Waals surface area contributed by atoms with E-state index in [-0.39, 0.29) is 6.04 Å². The zero-order chi connectivity index (χ0) is 15.1. The molecule has 3 fully saturated rings. The van der Waals surface area contributed by atoms with Crippen molar-refractivity contribution < 1.29 is 5.11 Å². The van der Waals surface area contributed by atoms with E-state index in [1.165, 1.54) is 6.42 Å². The monoisotopic (exact) mass is 294 g/mol. The minimum absolute atomic E-state index is 0.220. The van der Waals surface area contributed by atoms with Crippen LogP contribution in [0.5, 0.6) is 0 Å². The molecule has 114 valence electrons. The van der Waals surface area contributed by atoms with Gasteiger partial charge in [0.05, 0.1) is 11.6 Å². The molecule has 3 nitrogen and oxygen atoms in total. The van der Waals surface area contributed by atoms with E-state index >= 15 is 0 Å². The first-order chi connectivity index (χ1) is 10.8. The lowest BCUT2D eigenvalue weighted by molar-refractivity contribution is -0.0449. The summed E-state index contributed by atoms with van der Waals surface area (Å²) in [5.74, 6) is 1.27. The summed E-state index contributed by atoms with van der Waals surface area (Å²) < 4.78 is 0. The number of hydrogen-bond acceptors (Lipinski definition) is 3. The molecule has 3 aliphatic heterocycles. The molecule has 2 aromatic rings. The lowest BCUT2D eigenvalue weighted by Gasteiger charge is -2.50. The molecule has 1 N–H and O–H groups in total. The SMILES string of the molecule is C=C[C@H]1CN2CC[C@@H]1C[C@H]2[C@H](O)c1cnc2ccccc2c1. The van der Waals surface area contributed by atoms with E-state index in [1.54, 1.807) is 0 Å². The van der Waals surface area contributed by atoms with Gasteiger partial charge in [0, 0.05) is 29.7 Å². The number of aliphatic hydroxyl groups is 1. The van der Waals surface area contributed by atoms with Gasteiger partial charge in [0.15, 0.2) is 0 Å². The molecule has 0 amide bonds. The van der Waals surface area contributed by atoms with Crippen LogP contribution in [0.15, 0.2) is 49.2 Å². The zero-order valence-corrected chi connectivity index (χ0v) is 12.7. The van der Waals surface area contributed by atoms with Crippen LogP contribution in [0.25, 0.3) is 10.9 Å². The number of aromatic nitrogens is 1. The first kappa shape index (κ1) is 13.9. The molecule has 0 aliphatic carbocycles. The van der Waals surface area contributed by atoms with E-state index in [1.807, 2.05) is 24.4 Å². The van der Waals surface area contributed by atoms with Gasteiger partial charge < -0.3 is 5.11 Å². The minimum Gasteiger partial charge on any atom is -0.387 e. The van der Waals surface area contributed by atoms with Crippen molar-refractivity contribution >= 4 is 10.9 Å². The number of benzene rings is 1. The van der Waals surface area contributed by atoms with E-state index in [2.05, 4.69) is 34.7 Å². The van der Waals surface area contributed by atoms with E-state index in [0.717, 1.165) is 36.0 Å². The van der Waals surface area contributed by atoms with Crippen LogP contribution in [0.3, 0.4) is 0 Å².